The third-order valence-electron chi connectivity index (χ3n) is 5.83. The van der Waals surface area contributed by atoms with E-state index < -0.39 is 0 Å². The van der Waals surface area contributed by atoms with Gasteiger partial charge in [-0.25, -0.2) is 0 Å². The first-order valence-corrected chi connectivity index (χ1v) is 9.38. The van der Waals surface area contributed by atoms with Crippen LogP contribution in [0.3, 0.4) is 0 Å². The van der Waals surface area contributed by atoms with Gasteiger partial charge in [-0.2, -0.15) is 0 Å². The van der Waals surface area contributed by atoms with Crippen LogP contribution in [0.5, 0.6) is 0 Å². The molecule has 23 heavy (non-hydrogen) atoms. The maximum atomic E-state index is 12.7. The molecule has 0 aromatic heterocycles. The predicted octanol–water partition coefficient (Wildman–Crippen LogP) is 1.79. The smallest absolute Gasteiger partial charge is 0.227 e. The lowest BCUT2D eigenvalue weighted by Gasteiger charge is -2.38. The van der Waals surface area contributed by atoms with Crippen molar-refractivity contribution in [2.75, 3.05) is 26.2 Å². The van der Waals surface area contributed by atoms with E-state index in [0.29, 0.717) is 51.2 Å². The van der Waals surface area contributed by atoms with Crippen LogP contribution in [0.15, 0.2) is 0 Å². The molecular weight excluding hydrogens is 292 g/mol. The fourth-order valence-electron chi connectivity index (χ4n) is 4.32. The minimum Gasteiger partial charge on any atom is -0.393 e. The fourth-order valence-corrected chi connectivity index (χ4v) is 4.32. The molecule has 5 heteroatoms. The molecule has 2 saturated heterocycles. The second kappa shape index (κ2) is 7.65. The molecular formula is C18H30N2O3. The van der Waals surface area contributed by atoms with Crippen molar-refractivity contribution in [1.29, 1.82) is 0 Å². The number of nitrogens with zero attached hydrogens (tertiary/aromatic N) is 2. The Morgan fingerprint density at radius 3 is 2.43 bits per heavy atom. The Kier molecular flexibility index (Phi) is 5.57. The zero-order valence-corrected chi connectivity index (χ0v) is 14.1. The zero-order valence-electron chi connectivity index (χ0n) is 14.1. The summed E-state index contributed by atoms with van der Waals surface area (Å²) < 4.78 is 0. The van der Waals surface area contributed by atoms with Crippen LogP contribution < -0.4 is 0 Å². The van der Waals surface area contributed by atoms with Gasteiger partial charge in [-0.05, 0) is 38.0 Å². The van der Waals surface area contributed by atoms with E-state index in [2.05, 4.69) is 0 Å². The highest BCUT2D eigenvalue weighted by atomic mass is 16.3. The van der Waals surface area contributed by atoms with Crippen molar-refractivity contribution in [2.24, 2.45) is 11.8 Å². The van der Waals surface area contributed by atoms with Crippen LogP contribution in [0, 0.1) is 11.8 Å². The topological polar surface area (TPSA) is 60.9 Å². The molecule has 0 spiro atoms. The van der Waals surface area contributed by atoms with E-state index in [9.17, 15) is 14.7 Å². The van der Waals surface area contributed by atoms with Gasteiger partial charge < -0.3 is 14.9 Å². The Bertz CT molecular complexity index is 426. The van der Waals surface area contributed by atoms with Crippen LogP contribution >= 0.6 is 0 Å². The summed E-state index contributed by atoms with van der Waals surface area (Å²) in [5.74, 6) is 1.02. The number of carbonyl (C=O) groups excluding carboxylic acids is 2. The lowest BCUT2D eigenvalue weighted by atomic mass is 9.87. The van der Waals surface area contributed by atoms with E-state index in [0.717, 1.165) is 6.54 Å². The first-order valence-electron chi connectivity index (χ1n) is 9.38. The van der Waals surface area contributed by atoms with Crippen LogP contribution in [0.2, 0.25) is 0 Å². The number of aliphatic hydroxyl groups is 1. The average molecular weight is 322 g/mol. The lowest BCUT2D eigenvalue weighted by molar-refractivity contribution is -0.144. The van der Waals surface area contributed by atoms with E-state index in [1.54, 1.807) is 0 Å². The number of carbonyl (C=O) groups is 2. The van der Waals surface area contributed by atoms with Crippen LogP contribution in [0.1, 0.15) is 57.8 Å². The summed E-state index contributed by atoms with van der Waals surface area (Å²) in [6, 6.07) is 0. The molecule has 3 rings (SSSR count). The molecule has 0 aromatic carbocycles. The molecule has 2 heterocycles. The highest BCUT2D eigenvalue weighted by molar-refractivity contribution is 5.84. The first-order chi connectivity index (χ1) is 11.1. The normalized spacial score (nSPS) is 28.2. The number of hydrogen-bond donors (Lipinski definition) is 1. The molecule has 0 radical (unpaired) electrons. The van der Waals surface area contributed by atoms with E-state index in [1.807, 2.05) is 9.80 Å². The Morgan fingerprint density at radius 1 is 1.04 bits per heavy atom. The summed E-state index contributed by atoms with van der Waals surface area (Å²) in [5, 5.41) is 9.59. The number of piperidine rings is 2. The van der Waals surface area contributed by atoms with Crippen molar-refractivity contribution in [1.82, 2.24) is 9.80 Å². The van der Waals surface area contributed by atoms with Gasteiger partial charge in [0.05, 0.1) is 12.0 Å². The molecule has 1 aliphatic carbocycles. The van der Waals surface area contributed by atoms with E-state index in [4.69, 9.17) is 0 Å². The second-order valence-electron chi connectivity index (χ2n) is 7.59. The van der Waals surface area contributed by atoms with E-state index >= 15 is 0 Å². The van der Waals surface area contributed by atoms with E-state index in [1.165, 1.54) is 32.1 Å². The maximum absolute atomic E-state index is 12.7. The summed E-state index contributed by atoms with van der Waals surface area (Å²) in [6.45, 7) is 2.77. The third-order valence-corrected chi connectivity index (χ3v) is 5.83. The number of aliphatic hydroxyl groups excluding tert-OH is 1. The summed E-state index contributed by atoms with van der Waals surface area (Å²) in [6.07, 6.45) is 8.67. The molecule has 0 aromatic rings. The van der Waals surface area contributed by atoms with Gasteiger partial charge in [0.2, 0.25) is 11.8 Å². The van der Waals surface area contributed by atoms with Gasteiger partial charge in [0.1, 0.15) is 0 Å². The predicted molar refractivity (Wildman–Crippen MR) is 87.7 cm³/mol. The molecule has 2 aliphatic heterocycles. The fraction of sp³-hybridized carbons (Fsp3) is 0.889. The molecule has 5 nitrogen and oxygen atoms in total. The number of likely N-dealkylation sites (tertiary alicyclic amines) is 2. The van der Waals surface area contributed by atoms with Crippen molar-refractivity contribution in [3.05, 3.63) is 0 Å². The Morgan fingerprint density at radius 2 is 1.74 bits per heavy atom. The molecule has 1 unspecified atom stereocenters. The van der Waals surface area contributed by atoms with Gasteiger partial charge in [0.15, 0.2) is 0 Å². The molecule has 1 atom stereocenters. The highest BCUT2D eigenvalue weighted by Gasteiger charge is 2.34. The van der Waals surface area contributed by atoms with Gasteiger partial charge in [-0.3, -0.25) is 9.59 Å². The molecule has 1 N–H and O–H groups in total. The molecule has 1 saturated carbocycles. The minimum atomic E-state index is -0.255. The van der Waals surface area contributed by atoms with Crippen LogP contribution in [-0.4, -0.2) is 59.0 Å². The van der Waals surface area contributed by atoms with Crippen LogP contribution in [-0.2, 0) is 9.59 Å². The van der Waals surface area contributed by atoms with Crippen molar-refractivity contribution in [2.45, 2.75) is 63.9 Å². The summed E-state index contributed by atoms with van der Waals surface area (Å²) in [4.78, 5) is 28.8. The largest absolute Gasteiger partial charge is 0.393 e. The number of amides is 2. The van der Waals surface area contributed by atoms with Crippen molar-refractivity contribution >= 4 is 11.8 Å². The van der Waals surface area contributed by atoms with Crippen molar-refractivity contribution in [3.63, 3.8) is 0 Å². The Hall–Kier alpha value is -1.10. The molecule has 3 aliphatic rings. The SMILES string of the molecule is O=C1CCC(C(=O)N2CCC(O)CC2)CN1CC1CCCCC1. The third kappa shape index (κ3) is 4.25. The molecule has 2 amide bonds. The van der Waals surface area contributed by atoms with Gasteiger partial charge >= 0.3 is 0 Å². The van der Waals surface area contributed by atoms with Gasteiger partial charge in [-0.1, -0.05) is 19.3 Å². The second-order valence-corrected chi connectivity index (χ2v) is 7.59. The van der Waals surface area contributed by atoms with Crippen LogP contribution in [0.4, 0.5) is 0 Å². The first kappa shape index (κ1) is 16.7. The lowest BCUT2D eigenvalue weighted by Crippen LogP contribution is -2.50. The maximum Gasteiger partial charge on any atom is 0.227 e. The highest BCUT2D eigenvalue weighted by Crippen LogP contribution is 2.28. The summed E-state index contributed by atoms with van der Waals surface area (Å²) in [7, 11) is 0. The summed E-state index contributed by atoms with van der Waals surface area (Å²) in [5.41, 5.74) is 0. The number of hydrogen-bond acceptors (Lipinski definition) is 3. The van der Waals surface area contributed by atoms with Crippen molar-refractivity contribution < 1.29 is 14.7 Å². The van der Waals surface area contributed by atoms with Crippen LogP contribution in [0.25, 0.3) is 0 Å². The zero-order chi connectivity index (χ0) is 16.2. The monoisotopic (exact) mass is 322 g/mol. The van der Waals surface area contributed by atoms with E-state index in [-0.39, 0.29) is 23.8 Å². The Labute approximate surface area is 139 Å². The number of rotatable bonds is 3. The van der Waals surface area contributed by atoms with Gasteiger partial charge in [0.25, 0.3) is 0 Å². The Balaban J connectivity index is 1.54. The van der Waals surface area contributed by atoms with Crippen molar-refractivity contribution in [3.8, 4) is 0 Å². The van der Waals surface area contributed by atoms with Gasteiger partial charge in [0, 0.05) is 32.6 Å². The quantitative estimate of drug-likeness (QED) is 0.862. The minimum absolute atomic E-state index is 0.0356. The summed E-state index contributed by atoms with van der Waals surface area (Å²) >= 11 is 0. The van der Waals surface area contributed by atoms with Gasteiger partial charge in [-0.15, -0.1) is 0 Å². The standard InChI is InChI=1S/C18H30N2O3/c21-16-8-10-19(11-9-16)18(23)15-6-7-17(22)20(13-15)12-14-4-2-1-3-5-14/h14-16,21H,1-13H2. The average Bonchev–Trinajstić information content (AvgIpc) is 2.58. The molecule has 0 bridgehead atoms. The molecule has 130 valence electrons. The molecule has 3 fully saturated rings.